The van der Waals surface area contributed by atoms with Crippen LogP contribution in [0.3, 0.4) is 0 Å². The van der Waals surface area contributed by atoms with Crippen LogP contribution in [0, 0.1) is 6.92 Å². The number of hydrogen-bond acceptors (Lipinski definition) is 4. The van der Waals surface area contributed by atoms with Crippen molar-refractivity contribution in [3.8, 4) is 0 Å². The Bertz CT molecular complexity index is 662. The summed E-state index contributed by atoms with van der Waals surface area (Å²) < 4.78 is 5.38. The highest BCUT2D eigenvalue weighted by atomic mass is 35.5. The average Bonchev–Trinajstić information content (AvgIpc) is 2.64. The molecule has 2 amide bonds. The first kappa shape index (κ1) is 21.7. The lowest BCUT2D eigenvalue weighted by molar-refractivity contribution is -0.117. The minimum Gasteiger partial charge on any atom is -0.378 e. The van der Waals surface area contributed by atoms with E-state index < -0.39 is 0 Å². The molecule has 1 aromatic rings. The number of likely N-dealkylation sites (tertiary alicyclic amines) is 1. The molecule has 0 aliphatic carbocycles. The van der Waals surface area contributed by atoms with Crippen LogP contribution in [0.5, 0.6) is 0 Å². The molecule has 3 rings (SSSR count). The Labute approximate surface area is 167 Å². The summed E-state index contributed by atoms with van der Waals surface area (Å²) >= 11 is 0. The van der Waals surface area contributed by atoms with Crippen molar-refractivity contribution < 1.29 is 14.3 Å². The van der Waals surface area contributed by atoms with Crippen molar-refractivity contribution in [3.05, 3.63) is 29.3 Å². The third kappa shape index (κ3) is 5.67. The second kappa shape index (κ2) is 10.1. The third-order valence-corrected chi connectivity index (χ3v) is 5.24. The molecular formula is C20H30ClN3O3. The van der Waals surface area contributed by atoms with Gasteiger partial charge in [-0.2, -0.15) is 0 Å². The number of amides is 2. The summed E-state index contributed by atoms with van der Waals surface area (Å²) in [5.41, 5.74) is 2.35. The molecule has 0 saturated carbocycles. The van der Waals surface area contributed by atoms with E-state index in [-0.39, 0.29) is 30.3 Å². The largest absolute Gasteiger partial charge is 0.378 e. The monoisotopic (exact) mass is 395 g/mol. The van der Waals surface area contributed by atoms with Gasteiger partial charge in [-0.05, 0) is 56.9 Å². The van der Waals surface area contributed by atoms with Crippen molar-refractivity contribution in [2.45, 2.75) is 51.6 Å². The lowest BCUT2D eigenvalue weighted by atomic mass is 10.0. The molecule has 0 bridgehead atoms. The molecule has 2 saturated heterocycles. The second-order valence-corrected chi connectivity index (χ2v) is 7.35. The Kier molecular flexibility index (Phi) is 8.07. The molecule has 2 aliphatic heterocycles. The Morgan fingerprint density at radius 1 is 1.33 bits per heavy atom. The number of ether oxygens (including phenoxy) is 1. The highest BCUT2D eigenvalue weighted by molar-refractivity contribution is 5.97. The van der Waals surface area contributed by atoms with Gasteiger partial charge in [0, 0.05) is 42.8 Å². The number of anilines is 1. The number of rotatable bonds is 4. The maximum atomic E-state index is 12.8. The van der Waals surface area contributed by atoms with Crippen molar-refractivity contribution in [1.82, 2.24) is 10.2 Å². The predicted octanol–water partition coefficient (Wildman–Crippen LogP) is 2.75. The molecule has 6 nitrogen and oxygen atoms in total. The van der Waals surface area contributed by atoms with Crippen LogP contribution >= 0.6 is 12.4 Å². The Balaban J connectivity index is 0.00000261. The Hall–Kier alpha value is -1.63. The summed E-state index contributed by atoms with van der Waals surface area (Å²) in [5, 5.41) is 6.23. The zero-order valence-electron chi connectivity index (χ0n) is 16.1. The van der Waals surface area contributed by atoms with Gasteiger partial charge in [-0.3, -0.25) is 9.59 Å². The van der Waals surface area contributed by atoms with Gasteiger partial charge in [-0.15, -0.1) is 12.4 Å². The van der Waals surface area contributed by atoms with Gasteiger partial charge < -0.3 is 20.3 Å². The first-order chi connectivity index (χ1) is 12.5. The van der Waals surface area contributed by atoms with E-state index in [9.17, 15) is 9.59 Å². The van der Waals surface area contributed by atoms with E-state index in [0.717, 1.165) is 37.2 Å². The maximum Gasteiger partial charge on any atom is 0.254 e. The van der Waals surface area contributed by atoms with Crippen molar-refractivity contribution in [1.29, 1.82) is 0 Å². The van der Waals surface area contributed by atoms with Gasteiger partial charge in [0.15, 0.2) is 0 Å². The van der Waals surface area contributed by atoms with Crippen LogP contribution in [0.1, 0.15) is 48.5 Å². The van der Waals surface area contributed by atoms with E-state index >= 15 is 0 Å². The maximum absolute atomic E-state index is 12.8. The highest BCUT2D eigenvalue weighted by Gasteiger charge is 2.24. The van der Waals surface area contributed by atoms with Crippen LogP contribution < -0.4 is 10.6 Å². The predicted molar refractivity (Wildman–Crippen MR) is 109 cm³/mol. The Morgan fingerprint density at radius 3 is 2.81 bits per heavy atom. The highest BCUT2D eigenvalue weighted by Crippen LogP contribution is 2.22. The fraction of sp³-hybridized carbons (Fsp3) is 0.600. The quantitative estimate of drug-likeness (QED) is 0.822. The van der Waals surface area contributed by atoms with Crippen LogP contribution in [-0.4, -0.2) is 55.1 Å². The Morgan fingerprint density at radius 2 is 2.15 bits per heavy atom. The summed E-state index contributed by atoms with van der Waals surface area (Å²) in [6.07, 6.45) is 3.71. The van der Waals surface area contributed by atoms with E-state index in [1.54, 1.807) is 0 Å². The number of hydrogen-bond donors (Lipinski definition) is 2. The second-order valence-electron chi connectivity index (χ2n) is 7.35. The van der Waals surface area contributed by atoms with Crippen LogP contribution in [0.25, 0.3) is 0 Å². The van der Waals surface area contributed by atoms with Crippen LogP contribution in [-0.2, 0) is 9.53 Å². The van der Waals surface area contributed by atoms with Crippen LogP contribution in [0.2, 0.25) is 0 Å². The van der Waals surface area contributed by atoms with Crippen molar-refractivity contribution in [2.75, 3.05) is 31.6 Å². The van der Waals surface area contributed by atoms with Crippen molar-refractivity contribution in [3.63, 3.8) is 0 Å². The molecule has 0 spiro atoms. The third-order valence-electron chi connectivity index (χ3n) is 5.24. The van der Waals surface area contributed by atoms with Crippen molar-refractivity contribution >= 4 is 29.9 Å². The number of nitrogens with zero attached hydrogens (tertiary/aromatic N) is 1. The number of aryl methyl sites for hydroxylation is 1. The minimum atomic E-state index is -0.0418. The minimum absolute atomic E-state index is 0. The molecule has 0 aromatic heterocycles. The van der Waals surface area contributed by atoms with Crippen molar-refractivity contribution in [2.24, 2.45) is 0 Å². The van der Waals surface area contributed by atoms with Gasteiger partial charge in [0.25, 0.3) is 5.91 Å². The average molecular weight is 396 g/mol. The first-order valence-electron chi connectivity index (χ1n) is 9.57. The molecule has 27 heavy (non-hydrogen) atoms. The fourth-order valence-electron chi connectivity index (χ4n) is 3.68. The molecule has 2 atom stereocenters. The van der Waals surface area contributed by atoms with Crippen LogP contribution in [0.15, 0.2) is 18.2 Å². The molecule has 1 aromatic carbocycles. The molecule has 2 aliphatic rings. The van der Waals surface area contributed by atoms with Gasteiger partial charge in [-0.25, -0.2) is 0 Å². The summed E-state index contributed by atoms with van der Waals surface area (Å²) in [6.45, 7) is 6.91. The van der Waals surface area contributed by atoms with Gasteiger partial charge in [0.1, 0.15) is 0 Å². The lowest BCUT2D eigenvalue weighted by Crippen LogP contribution is -2.43. The standard InChI is InChI=1S/C20H29N3O3.ClH/c1-14-11-16(20(25)23-9-4-3-5-15(23)2)6-7-18(14)22-19(24)12-17-13-26-10-8-21-17;/h6-7,11,15,17,21H,3-5,8-10,12-13H2,1-2H3,(H,22,24);1H. The van der Waals surface area contributed by atoms with E-state index in [1.807, 2.05) is 30.0 Å². The number of carbonyl (C=O) groups excluding carboxylic acids is 2. The summed E-state index contributed by atoms with van der Waals surface area (Å²) in [4.78, 5) is 27.0. The van der Waals surface area contributed by atoms with Crippen LogP contribution in [0.4, 0.5) is 5.69 Å². The zero-order valence-corrected chi connectivity index (χ0v) is 16.9. The normalized spacial score (nSPS) is 22.7. The molecule has 7 heteroatoms. The molecule has 2 heterocycles. The lowest BCUT2D eigenvalue weighted by Gasteiger charge is -2.33. The SMILES string of the molecule is Cc1cc(C(=O)N2CCCCC2C)ccc1NC(=O)CC1COCCN1.Cl. The molecule has 150 valence electrons. The topological polar surface area (TPSA) is 70.7 Å². The zero-order chi connectivity index (χ0) is 18.5. The van der Waals surface area contributed by atoms with E-state index in [4.69, 9.17) is 4.74 Å². The smallest absolute Gasteiger partial charge is 0.254 e. The number of piperidine rings is 1. The number of nitrogens with one attached hydrogen (secondary N) is 2. The molecule has 2 N–H and O–H groups in total. The molecule has 2 fully saturated rings. The molecule has 2 unspecified atom stereocenters. The first-order valence-corrected chi connectivity index (χ1v) is 9.57. The van der Waals surface area contributed by atoms with Gasteiger partial charge in [0.2, 0.25) is 5.91 Å². The summed E-state index contributed by atoms with van der Waals surface area (Å²) in [5.74, 6) is 0.0431. The number of morpholine rings is 1. The number of carbonyl (C=O) groups is 2. The summed E-state index contributed by atoms with van der Waals surface area (Å²) in [7, 11) is 0. The fourth-order valence-corrected chi connectivity index (χ4v) is 3.68. The molecule has 0 radical (unpaired) electrons. The van der Waals surface area contributed by atoms with Gasteiger partial charge >= 0.3 is 0 Å². The van der Waals surface area contributed by atoms with E-state index in [0.29, 0.717) is 31.2 Å². The molecular weight excluding hydrogens is 366 g/mol. The van der Waals surface area contributed by atoms with E-state index in [1.165, 1.54) is 6.42 Å². The van der Waals surface area contributed by atoms with E-state index in [2.05, 4.69) is 17.6 Å². The van der Waals surface area contributed by atoms with Gasteiger partial charge in [0.05, 0.1) is 13.2 Å². The summed E-state index contributed by atoms with van der Waals surface area (Å²) in [6, 6.07) is 5.88. The number of halogens is 1. The van der Waals surface area contributed by atoms with Gasteiger partial charge in [-0.1, -0.05) is 0 Å². The number of benzene rings is 1.